The van der Waals surface area contributed by atoms with E-state index in [-0.39, 0.29) is 18.5 Å². The molecule has 0 aromatic carbocycles. The average molecular weight is 166 g/mol. The molecule has 3 heteroatoms. The van der Waals surface area contributed by atoms with Crippen molar-refractivity contribution in [3.05, 3.63) is 0 Å². The fraction of sp³-hybridized carbons (Fsp3) is 1.00. The Balaban J connectivity index is 0.000000810. The molecule has 0 saturated heterocycles. The molecule has 1 fully saturated rings. The van der Waals surface area contributed by atoms with Crippen molar-refractivity contribution in [3.63, 3.8) is 0 Å². The molecule has 1 aliphatic carbocycles. The SMILES string of the molecule is CN(C)C1CCCC1O.Cl. The maximum absolute atomic E-state index is 9.32. The van der Waals surface area contributed by atoms with Crippen molar-refractivity contribution in [1.82, 2.24) is 4.90 Å². The first-order chi connectivity index (χ1) is 4.22. The van der Waals surface area contributed by atoms with Gasteiger partial charge in [0.05, 0.1) is 6.10 Å². The number of halogens is 1. The first-order valence-electron chi connectivity index (χ1n) is 3.56. The number of aliphatic hydroxyl groups is 1. The van der Waals surface area contributed by atoms with E-state index >= 15 is 0 Å². The lowest BCUT2D eigenvalue weighted by atomic mass is 10.2. The van der Waals surface area contributed by atoms with Crippen LogP contribution in [0.1, 0.15) is 19.3 Å². The first-order valence-corrected chi connectivity index (χ1v) is 3.56. The molecular formula is C7H16ClNO. The van der Waals surface area contributed by atoms with Gasteiger partial charge < -0.3 is 10.0 Å². The van der Waals surface area contributed by atoms with Gasteiger partial charge in [-0.1, -0.05) is 0 Å². The lowest BCUT2D eigenvalue weighted by Crippen LogP contribution is -2.34. The first kappa shape index (κ1) is 10.2. The van der Waals surface area contributed by atoms with E-state index < -0.39 is 0 Å². The molecule has 10 heavy (non-hydrogen) atoms. The van der Waals surface area contributed by atoms with Crippen LogP contribution in [0.4, 0.5) is 0 Å². The summed E-state index contributed by atoms with van der Waals surface area (Å²) in [7, 11) is 4.05. The monoisotopic (exact) mass is 165 g/mol. The van der Waals surface area contributed by atoms with Gasteiger partial charge in [0, 0.05) is 6.04 Å². The van der Waals surface area contributed by atoms with E-state index in [0.29, 0.717) is 6.04 Å². The van der Waals surface area contributed by atoms with E-state index in [1.165, 1.54) is 6.42 Å². The summed E-state index contributed by atoms with van der Waals surface area (Å²) in [5, 5.41) is 9.32. The molecule has 0 spiro atoms. The van der Waals surface area contributed by atoms with Gasteiger partial charge in [-0.15, -0.1) is 12.4 Å². The van der Waals surface area contributed by atoms with E-state index in [1.54, 1.807) is 0 Å². The van der Waals surface area contributed by atoms with Crippen molar-refractivity contribution < 1.29 is 5.11 Å². The summed E-state index contributed by atoms with van der Waals surface area (Å²) in [6.45, 7) is 0. The molecule has 0 aliphatic heterocycles. The Kier molecular flexibility index (Phi) is 4.25. The highest BCUT2D eigenvalue weighted by Gasteiger charge is 2.26. The van der Waals surface area contributed by atoms with Crippen LogP contribution in [-0.2, 0) is 0 Å². The summed E-state index contributed by atoms with van der Waals surface area (Å²) in [6.07, 6.45) is 3.26. The Labute approximate surface area is 68.6 Å². The smallest absolute Gasteiger partial charge is 0.0695 e. The molecule has 0 amide bonds. The quantitative estimate of drug-likeness (QED) is 0.624. The van der Waals surface area contributed by atoms with Crippen LogP contribution in [0, 0.1) is 0 Å². The second-order valence-electron chi connectivity index (χ2n) is 3.03. The summed E-state index contributed by atoms with van der Waals surface area (Å²) >= 11 is 0. The summed E-state index contributed by atoms with van der Waals surface area (Å²) < 4.78 is 0. The van der Waals surface area contributed by atoms with E-state index in [4.69, 9.17) is 0 Å². The van der Waals surface area contributed by atoms with Crippen LogP contribution < -0.4 is 0 Å². The number of rotatable bonds is 1. The third-order valence-electron chi connectivity index (χ3n) is 2.11. The molecule has 2 unspecified atom stereocenters. The number of likely N-dealkylation sites (N-methyl/N-ethyl adjacent to an activating group) is 1. The molecule has 0 bridgehead atoms. The van der Waals surface area contributed by atoms with Gasteiger partial charge in [-0.2, -0.15) is 0 Å². The minimum absolute atomic E-state index is 0. The minimum Gasteiger partial charge on any atom is -0.391 e. The second kappa shape index (κ2) is 4.16. The minimum atomic E-state index is -0.0694. The average Bonchev–Trinajstić information content (AvgIpc) is 2.13. The third-order valence-corrected chi connectivity index (χ3v) is 2.11. The second-order valence-corrected chi connectivity index (χ2v) is 3.03. The lowest BCUT2D eigenvalue weighted by Gasteiger charge is -2.21. The Morgan fingerprint density at radius 2 is 1.90 bits per heavy atom. The van der Waals surface area contributed by atoms with Gasteiger partial charge in [0.15, 0.2) is 0 Å². The summed E-state index contributed by atoms with van der Waals surface area (Å²) in [6, 6.07) is 0.421. The molecular weight excluding hydrogens is 150 g/mol. The highest BCUT2D eigenvalue weighted by molar-refractivity contribution is 5.85. The highest BCUT2D eigenvalue weighted by Crippen LogP contribution is 2.21. The predicted molar refractivity (Wildman–Crippen MR) is 44.6 cm³/mol. The molecule has 0 aromatic heterocycles. The topological polar surface area (TPSA) is 23.5 Å². The van der Waals surface area contributed by atoms with E-state index in [2.05, 4.69) is 4.90 Å². The molecule has 62 valence electrons. The Morgan fingerprint density at radius 3 is 2.10 bits per heavy atom. The van der Waals surface area contributed by atoms with Crippen LogP contribution in [-0.4, -0.2) is 36.2 Å². The van der Waals surface area contributed by atoms with E-state index in [9.17, 15) is 5.11 Å². The Hall–Kier alpha value is 0.210. The van der Waals surface area contributed by atoms with E-state index in [1.807, 2.05) is 14.1 Å². The van der Waals surface area contributed by atoms with Crippen LogP contribution in [0.2, 0.25) is 0 Å². The summed E-state index contributed by atoms with van der Waals surface area (Å²) in [5.41, 5.74) is 0. The van der Waals surface area contributed by atoms with Crippen LogP contribution in [0.15, 0.2) is 0 Å². The number of aliphatic hydroxyl groups excluding tert-OH is 1. The number of hydrogen-bond acceptors (Lipinski definition) is 2. The van der Waals surface area contributed by atoms with Gasteiger partial charge >= 0.3 is 0 Å². The van der Waals surface area contributed by atoms with Crippen LogP contribution in [0.25, 0.3) is 0 Å². The Bertz CT molecular complexity index is 97.6. The summed E-state index contributed by atoms with van der Waals surface area (Å²) in [4.78, 5) is 2.11. The van der Waals surface area contributed by atoms with Crippen molar-refractivity contribution in [2.24, 2.45) is 0 Å². The van der Waals surface area contributed by atoms with Crippen molar-refractivity contribution in [1.29, 1.82) is 0 Å². The zero-order chi connectivity index (χ0) is 6.85. The van der Waals surface area contributed by atoms with Crippen LogP contribution >= 0.6 is 12.4 Å². The molecule has 0 aromatic rings. The molecule has 1 saturated carbocycles. The number of hydrogen-bond donors (Lipinski definition) is 1. The van der Waals surface area contributed by atoms with E-state index in [0.717, 1.165) is 12.8 Å². The molecule has 1 N–H and O–H groups in total. The Morgan fingerprint density at radius 1 is 1.30 bits per heavy atom. The van der Waals surface area contributed by atoms with Crippen LogP contribution in [0.5, 0.6) is 0 Å². The number of nitrogens with zero attached hydrogens (tertiary/aromatic N) is 1. The van der Waals surface area contributed by atoms with Crippen molar-refractivity contribution in [3.8, 4) is 0 Å². The molecule has 1 rings (SSSR count). The molecule has 0 heterocycles. The van der Waals surface area contributed by atoms with Gasteiger partial charge in [0.2, 0.25) is 0 Å². The van der Waals surface area contributed by atoms with Crippen molar-refractivity contribution in [2.75, 3.05) is 14.1 Å². The highest BCUT2D eigenvalue weighted by atomic mass is 35.5. The fourth-order valence-corrected chi connectivity index (χ4v) is 1.52. The summed E-state index contributed by atoms with van der Waals surface area (Å²) in [5.74, 6) is 0. The van der Waals surface area contributed by atoms with Gasteiger partial charge in [0.25, 0.3) is 0 Å². The van der Waals surface area contributed by atoms with Gasteiger partial charge in [0.1, 0.15) is 0 Å². The molecule has 2 atom stereocenters. The van der Waals surface area contributed by atoms with Gasteiger partial charge in [-0.3, -0.25) is 0 Å². The molecule has 0 radical (unpaired) electrons. The maximum atomic E-state index is 9.32. The van der Waals surface area contributed by atoms with Gasteiger partial charge in [-0.05, 0) is 33.4 Å². The normalized spacial score (nSPS) is 32.4. The maximum Gasteiger partial charge on any atom is 0.0695 e. The standard InChI is InChI=1S/C7H15NO.ClH/c1-8(2)6-4-3-5-7(6)9;/h6-7,9H,3-5H2,1-2H3;1H. The van der Waals surface area contributed by atoms with Crippen molar-refractivity contribution in [2.45, 2.75) is 31.4 Å². The van der Waals surface area contributed by atoms with Gasteiger partial charge in [-0.25, -0.2) is 0 Å². The lowest BCUT2D eigenvalue weighted by molar-refractivity contribution is 0.100. The van der Waals surface area contributed by atoms with Crippen LogP contribution in [0.3, 0.4) is 0 Å². The van der Waals surface area contributed by atoms with Crippen molar-refractivity contribution >= 4 is 12.4 Å². The fourth-order valence-electron chi connectivity index (χ4n) is 1.52. The third kappa shape index (κ3) is 2.11. The zero-order valence-electron chi connectivity index (χ0n) is 6.58. The largest absolute Gasteiger partial charge is 0.391 e. The predicted octanol–water partition coefficient (Wildman–Crippen LogP) is 0.883. The zero-order valence-corrected chi connectivity index (χ0v) is 7.40. The molecule has 2 nitrogen and oxygen atoms in total. The molecule has 1 aliphatic rings.